The van der Waals surface area contributed by atoms with Gasteiger partial charge in [0.2, 0.25) is 0 Å². The summed E-state index contributed by atoms with van der Waals surface area (Å²) in [5.74, 6) is 0. The Kier molecular flexibility index (Phi) is 3.88. The summed E-state index contributed by atoms with van der Waals surface area (Å²) < 4.78 is 40.0. The number of aryl methyl sites for hydroxylation is 2. The Morgan fingerprint density at radius 2 is 2.00 bits per heavy atom. The van der Waals surface area contributed by atoms with Gasteiger partial charge in [-0.1, -0.05) is 0 Å². The smallest absolute Gasteiger partial charge is 0.361 e. The van der Waals surface area contributed by atoms with Crippen LogP contribution in [0.25, 0.3) is 0 Å². The fraction of sp³-hybridized carbons (Fsp3) is 0.500. The van der Waals surface area contributed by atoms with Gasteiger partial charge in [0.15, 0.2) is 0 Å². The zero-order chi connectivity index (χ0) is 12.3. The second kappa shape index (κ2) is 4.80. The zero-order valence-electron chi connectivity index (χ0n) is 8.88. The normalized spacial score (nSPS) is 13.9. The number of pyridine rings is 1. The minimum atomic E-state index is -4.77. The summed E-state index contributed by atoms with van der Waals surface area (Å²) in [5, 5.41) is 8.61. The van der Waals surface area contributed by atoms with E-state index in [1.807, 2.05) is 0 Å². The molecule has 90 valence electrons. The van der Waals surface area contributed by atoms with E-state index in [2.05, 4.69) is 9.72 Å². The number of aliphatic hydroxyl groups excluding tert-OH is 1. The van der Waals surface area contributed by atoms with Gasteiger partial charge < -0.3 is 9.84 Å². The summed E-state index contributed by atoms with van der Waals surface area (Å²) in [6.07, 6.45) is -7.53. The Morgan fingerprint density at radius 1 is 1.38 bits per heavy atom. The van der Waals surface area contributed by atoms with Crippen molar-refractivity contribution in [3.05, 3.63) is 29.1 Å². The van der Waals surface area contributed by atoms with Gasteiger partial charge in [0.25, 0.3) is 6.29 Å². The summed E-state index contributed by atoms with van der Waals surface area (Å²) in [6.45, 7) is 3.16. The van der Waals surface area contributed by atoms with Crippen molar-refractivity contribution in [2.45, 2.75) is 32.9 Å². The Labute approximate surface area is 90.9 Å². The molecule has 1 unspecified atom stereocenters. The van der Waals surface area contributed by atoms with Gasteiger partial charge >= 0.3 is 6.18 Å². The molecule has 1 aromatic rings. The van der Waals surface area contributed by atoms with E-state index in [1.165, 1.54) is 0 Å². The van der Waals surface area contributed by atoms with Crippen molar-refractivity contribution in [1.29, 1.82) is 0 Å². The molecule has 3 nitrogen and oxygen atoms in total. The molecule has 0 amide bonds. The van der Waals surface area contributed by atoms with E-state index in [0.29, 0.717) is 11.4 Å². The summed E-state index contributed by atoms with van der Waals surface area (Å²) in [5.41, 5.74) is 1.94. The maximum absolute atomic E-state index is 11.9. The molecule has 0 radical (unpaired) electrons. The lowest BCUT2D eigenvalue weighted by Crippen LogP contribution is -2.31. The molecule has 0 aliphatic carbocycles. The first-order valence-corrected chi connectivity index (χ1v) is 4.59. The third-order valence-electron chi connectivity index (χ3n) is 1.82. The lowest BCUT2D eigenvalue weighted by atomic mass is 10.2. The molecule has 0 saturated carbocycles. The molecule has 0 aromatic carbocycles. The van der Waals surface area contributed by atoms with Crippen molar-refractivity contribution in [1.82, 2.24) is 4.98 Å². The number of halogens is 3. The molecule has 0 fully saturated rings. The van der Waals surface area contributed by atoms with E-state index < -0.39 is 12.5 Å². The average molecular weight is 235 g/mol. The maximum atomic E-state index is 11.9. The summed E-state index contributed by atoms with van der Waals surface area (Å²) in [4.78, 5) is 3.98. The van der Waals surface area contributed by atoms with E-state index in [0.717, 1.165) is 5.56 Å². The average Bonchev–Trinajstić information content (AvgIpc) is 2.11. The van der Waals surface area contributed by atoms with Gasteiger partial charge in [0.05, 0.1) is 12.3 Å². The van der Waals surface area contributed by atoms with Crippen molar-refractivity contribution < 1.29 is 23.0 Å². The summed E-state index contributed by atoms with van der Waals surface area (Å²) in [6, 6.07) is 3.40. The van der Waals surface area contributed by atoms with E-state index in [-0.39, 0.29) is 6.61 Å². The fourth-order valence-electron chi connectivity index (χ4n) is 1.26. The minimum Gasteiger partial charge on any atom is -0.361 e. The lowest BCUT2D eigenvalue weighted by molar-refractivity contribution is -0.297. The first kappa shape index (κ1) is 12.9. The largest absolute Gasteiger partial charge is 0.439 e. The molecule has 0 spiro atoms. The molecule has 1 rings (SSSR count). The minimum absolute atomic E-state index is 0.362. The van der Waals surface area contributed by atoms with Crippen LogP contribution in [0.1, 0.15) is 17.0 Å². The predicted molar refractivity (Wildman–Crippen MR) is 50.6 cm³/mol. The quantitative estimate of drug-likeness (QED) is 0.816. The number of alkyl halides is 3. The number of ether oxygens (including phenoxy) is 1. The van der Waals surface area contributed by atoms with Gasteiger partial charge in [-0.25, -0.2) is 0 Å². The number of rotatable bonds is 3. The van der Waals surface area contributed by atoms with Crippen LogP contribution in [0.3, 0.4) is 0 Å². The van der Waals surface area contributed by atoms with E-state index in [9.17, 15) is 13.2 Å². The van der Waals surface area contributed by atoms with Gasteiger partial charge in [-0.2, -0.15) is 13.2 Å². The SMILES string of the molecule is Cc1cc(C)nc(COC(O)C(F)(F)F)c1. The van der Waals surface area contributed by atoms with Crippen molar-refractivity contribution in [3.8, 4) is 0 Å². The molecule has 0 aliphatic rings. The topological polar surface area (TPSA) is 42.4 Å². The van der Waals surface area contributed by atoms with Crippen molar-refractivity contribution >= 4 is 0 Å². The molecule has 1 aromatic heterocycles. The first-order chi connectivity index (χ1) is 7.29. The third-order valence-corrected chi connectivity index (χ3v) is 1.82. The maximum Gasteiger partial charge on any atom is 0.439 e. The highest BCUT2D eigenvalue weighted by Gasteiger charge is 2.39. The van der Waals surface area contributed by atoms with Crippen LogP contribution in [0.5, 0.6) is 0 Å². The standard InChI is InChI=1S/C10H12F3NO2/c1-6-3-7(2)14-8(4-6)5-16-9(15)10(11,12)13/h3-4,9,15H,5H2,1-2H3. The van der Waals surface area contributed by atoms with Gasteiger partial charge in [-0.3, -0.25) is 4.98 Å². The van der Waals surface area contributed by atoms with E-state index in [4.69, 9.17) is 5.11 Å². The molecule has 0 aliphatic heterocycles. The molecule has 1 heterocycles. The second-order valence-corrected chi connectivity index (χ2v) is 3.48. The third kappa shape index (κ3) is 3.79. The monoisotopic (exact) mass is 235 g/mol. The number of hydrogen-bond donors (Lipinski definition) is 1. The van der Waals surface area contributed by atoms with Gasteiger partial charge in [-0.15, -0.1) is 0 Å². The Hall–Kier alpha value is -1.14. The fourth-order valence-corrected chi connectivity index (χ4v) is 1.26. The van der Waals surface area contributed by atoms with Gasteiger partial charge in [-0.05, 0) is 31.5 Å². The van der Waals surface area contributed by atoms with Crippen LogP contribution in [0.2, 0.25) is 0 Å². The zero-order valence-corrected chi connectivity index (χ0v) is 8.88. The van der Waals surface area contributed by atoms with Gasteiger partial charge in [0, 0.05) is 5.69 Å². The molecule has 0 bridgehead atoms. The first-order valence-electron chi connectivity index (χ1n) is 4.59. The molecule has 0 saturated heterocycles. The van der Waals surface area contributed by atoms with Crippen LogP contribution in [-0.2, 0) is 11.3 Å². The van der Waals surface area contributed by atoms with Crippen molar-refractivity contribution in [2.75, 3.05) is 0 Å². The number of aromatic nitrogens is 1. The highest BCUT2D eigenvalue weighted by atomic mass is 19.4. The summed E-state index contributed by atoms with van der Waals surface area (Å²) >= 11 is 0. The van der Waals surface area contributed by atoms with Crippen LogP contribution in [0, 0.1) is 13.8 Å². The van der Waals surface area contributed by atoms with Crippen LogP contribution in [0.4, 0.5) is 13.2 Å². The van der Waals surface area contributed by atoms with E-state index in [1.54, 1.807) is 26.0 Å². The highest BCUT2D eigenvalue weighted by Crippen LogP contribution is 2.21. The van der Waals surface area contributed by atoms with Crippen molar-refractivity contribution in [3.63, 3.8) is 0 Å². The van der Waals surface area contributed by atoms with Gasteiger partial charge in [0.1, 0.15) is 0 Å². The molecule has 1 N–H and O–H groups in total. The van der Waals surface area contributed by atoms with Crippen molar-refractivity contribution in [2.24, 2.45) is 0 Å². The Morgan fingerprint density at radius 3 is 2.50 bits per heavy atom. The molecular formula is C10H12F3NO2. The van der Waals surface area contributed by atoms with Crippen LogP contribution in [0.15, 0.2) is 12.1 Å². The van der Waals surface area contributed by atoms with Crippen LogP contribution < -0.4 is 0 Å². The van der Waals surface area contributed by atoms with Crippen LogP contribution in [-0.4, -0.2) is 22.6 Å². The Balaban J connectivity index is 2.61. The second-order valence-electron chi connectivity index (χ2n) is 3.48. The lowest BCUT2D eigenvalue weighted by Gasteiger charge is -2.14. The highest BCUT2D eigenvalue weighted by molar-refractivity contribution is 5.18. The Bertz CT molecular complexity index is 345. The number of aliphatic hydroxyl groups is 1. The predicted octanol–water partition coefficient (Wildman–Crippen LogP) is 2.10. The molecule has 1 atom stereocenters. The van der Waals surface area contributed by atoms with E-state index >= 15 is 0 Å². The number of nitrogens with zero attached hydrogens (tertiary/aromatic N) is 1. The molecule has 16 heavy (non-hydrogen) atoms. The molecular weight excluding hydrogens is 223 g/mol. The van der Waals surface area contributed by atoms with Crippen LogP contribution >= 0.6 is 0 Å². The number of hydrogen-bond acceptors (Lipinski definition) is 3. The molecule has 6 heteroatoms. The summed E-state index contributed by atoms with van der Waals surface area (Å²) in [7, 11) is 0.